The summed E-state index contributed by atoms with van der Waals surface area (Å²) in [5, 5.41) is 0. The molecule has 0 bridgehead atoms. The topological polar surface area (TPSA) is 38.5 Å². The quantitative estimate of drug-likeness (QED) is 0.928. The van der Waals surface area contributed by atoms with Gasteiger partial charge in [-0.1, -0.05) is 22.0 Å². The van der Waals surface area contributed by atoms with Crippen LogP contribution < -0.4 is 10.6 Å². The highest BCUT2D eigenvalue weighted by Gasteiger charge is 2.25. The average Bonchev–Trinajstić information content (AvgIpc) is 2.34. The molecule has 0 aliphatic carbocycles. The molecule has 0 radical (unpaired) electrons. The third kappa shape index (κ3) is 3.71. The maximum atomic E-state index is 5.97. The maximum Gasteiger partial charge on any atom is 0.0723 e. The van der Waals surface area contributed by atoms with Crippen LogP contribution in [0.25, 0.3) is 0 Å². The Bertz CT molecular complexity index is 436. The average molecular weight is 327 g/mol. The second-order valence-corrected chi connectivity index (χ2v) is 6.52. The Morgan fingerprint density at radius 3 is 2.89 bits per heavy atom. The molecule has 1 saturated heterocycles. The van der Waals surface area contributed by atoms with Crippen LogP contribution in [0.5, 0.6) is 0 Å². The van der Waals surface area contributed by atoms with Gasteiger partial charge >= 0.3 is 0 Å². The van der Waals surface area contributed by atoms with Gasteiger partial charge in [0.15, 0.2) is 0 Å². The van der Waals surface area contributed by atoms with Gasteiger partial charge < -0.3 is 15.4 Å². The molecule has 0 aromatic heterocycles. The fraction of sp³-hybridized carbons (Fsp3) is 0.600. The summed E-state index contributed by atoms with van der Waals surface area (Å²) in [5.41, 5.74) is 8.57. The van der Waals surface area contributed by atoms with Crippen molar-refractivity contribution in [2.75, 3.05) is 18.1 Å². The minimum Gasteiger partial charge on any atom is -0.375 e. The zero-order chi connectivity index (χ0) is 14.0. The summed E-state index contributed by atoms with van der Waals surface area (Å²) in [6.45, 7) is 8.11. The van der Waals surface area contributed by atoms with Crippen molar-refractivity contribution >= 4 is 21.6 Å². The van der Waals surface area contributed by atoms with Crippen molar-refractivity contribution in [3.05, 3.63) is 28.2 Å². The number of benzene rings is 1. The lowest BCUT2D eigenvalue weighted by atomic mass is 10.0. The lowest BCUT2D eigenvalue weighted by molar-refractivity contribution is 0.0343. The van der Waals surface area contributed by atoms with Crippen LogP contribution >= 0.6 is 15.9 Å². The Hall–Kier alpha value is -0.580. The van der Waals surface area contributed by atoms with E-state index in [9.17, 15) is 0 Å². The van der Waals surface area contributed by atoms with E-state index < -0.39 is 0 Å². The number of morpholine rings is 1. The third-order valence-electron chi connectivity index (χ3n) is 3.51. The molecule has 19 heavy (non-hydrogen) atoms. The molecule has 1 heterocycles. The Kier molecular flexibility index (Phi) is 4.87. The summed E-state index contributed by atoms with van der Waals surface area (Å²) in [4.78, 5) is 2.44. The molecule has 3 nitrogen and oxygen atoms in total. The predicted octanol–water partition coefficient (Wildman–Crippen LogP) is 2.95. The first-order valence-corrected chi connectivity index (χ1v) is 7.69. The Balaban J connectivity index is 2.32. The van der Waals surface area contributed by atoms with Gasteiger partial charge in [-0.3, -0.25) is 0 Å². The van der Waals surface area contributed by atoms with E-state index in [1.165, 1.54) is 11.3 Å². The smallest absolute Gasteiger partial charge is 0.0723 e. The van der Waals surface area contributed by atoms with Crippen LogP contribution in [0, 0.1) is 0 Å². The van der Waals surface area contributed by atoms with Gasteiger partial charge in [0.1, 0.15) is 0 Å². The van der Waals surface area contributed by atoms with Crippen LogP contribution in [0.1, 0.15) is 26.3 Å². The molecular weight excluding hydrogens is 304 g/mol. The van der Waals surface area contributed by atoms with Crippen molar-refractivity contribution in [3.8, 4) is 0 Å². The minimum absolute atomic E-state index is 0.175. The van der Waals surface area contributed by atoms with E-state index in [0.717, 1.165) is 24.0 Å². The fourth-order valence-corrected chi connectivity index (χ4v) is 2.91. The SMILES string of the molecule is CC(N)Cc1ccc(Br)cc1N1CC(C)OCC1C. The van der Waals surface area contributed by atoms with E-state index >= 15 is 0 Å². The van der Waals surface area contributed by atoms with Crippen LogP contribution in [0.2, 0.25) is 0 Å². The molecule has 1 aromatic carbocycles. The van der Waals surface area contributed by atoms with Crippen molar-refractivity contribution in [1.82, 2.24) is 0 Å². The highest BCUT2D eigenvalue weighted by molar-refractivity contribution is 9.10. The molecule has 1 aliphatic rings. The van der Waals surface area contributed by atoms with Crippen LogP contribution in [0.15, 0.2) is 22.7 Å². The van der Waals surface area contributed by atoms with Gasteiger partial charge in [0.05, 0.1) is 12.7 Å². The van der Waals surface area contributed by atoms with Gasteiger partial charge in [0.2, 0.25) is 0 Å². The molecule has 1 aromatic rings. The molecule has 2 N–H and O–H groups in total. The normalized spacial score (nSPS) is 25.4. The van der Waals surface area contributed by atoms with Gasteiger partial charge in [-0.15, -0.1) is 0 Å². The number of rotatable bonds is 3. The zero-order valence-corrected chi connectivity index (χ0v) is 13.5. The Morgan fingerprint density at radius 2 is 2.21 bits per heavy atom. The van der Waals surface area contributed by atoms with Gasteiger partial charge in [0, 0.05) is 28.8 Å². The molecule has 2 rings (SSSR count). The molecule has 0 amide bonds. The summed E-state index contributed by atoms with van der Waals surface area (Å²) < 4.78 is 6.83. The monoisotopic (exact) mass is 326 g/mol. The molecule has 3 unspecified atom stereocenters. The second kappa shape index (κ2) is 6.25. The largest absolute Gasteiger partial charge is 0.375 e. The number of hydrogen-bond donors (Lipinski definition) is 1. The van der Waals surface area contributed by atoms with Crippen LogP contribution in [0.3, 0.4) is 0 Å². The van der Waals surface area contributed by atoms with Gasteiger partial charge in [-0.25, -0.2) is 0 Å². The van der Waals surface area contributed by atoms with E-state index in [0.29, 0.717) is 6.04 Å². The highest BCUT2D eigenvalue weighted by atomic mass is 79.9. The van der Waals surface area contributed by atoms with Crippen molar-refractivity contribution < 1.29 is 4.74 Å². The standard InChI is InChI=1S/C15H23BrN2O/c1-10(17)6-13-4-5-14(16)7-15(13)18-8-12(3)19-9-11(18)2/h4-5,7,10-12H,6,8-9,17H2,1-3H3. The summed E-state index contributed by atoms with van der Waals surface area (Å²) in [5.74, 6) is 0. The van der Waals surface area contributed by atoms with Gasteiger partial charge in [-0.2, -0.15) is 0 Å². The zero-order valence-electron chi connectivity index (χ0n) is 11.9. The first-order valence-electron chi connectivity index (χ1n) is 6.89. The van der Waals surface area contributed by atoms with Gasteiger partial charge in [-0.05, 0) is 44.9 Å². The number of anilines is 1. The van der Waals surface area contributed by atoms with Crippen LogP contribution in [0.4, 0.5) is 5.69 Å². The lowest BCUT2D eigenvalue weighted by Crippen LogP contribution is -2.47. The molecule has 0 saturated carbocycles. The van der Waals surface area contributed by atoms with Crippen LogP contribution in [-0.2, 0) is 11.2 Å². The maximum absolute atomic E-state index is 5.97. The Morgan fingerprint density at radius 1 is 1.47 bits per heavy atom. The summed E-state index contributed by atoms with van der Waals surface area (Å²) in [7, 11) is 0. The summed E-state index contributed by atoms with van der Waals surface area (Å²) in [6.07, 6.45) is 1.18. The number of nitrogens with two attached hydrogens (primary N) is 1. The van der Waals surface area contributed by atoms with Gasteiger partial charge in [0.25, 0.3) is 0 Å². The van der Waals surface area contributed by atoms with E-state index in [1.54, 1.807) is 0 Å². The first-order chi connectivity index (χ1) is 8.97. The third-order valence-corrected chi connectivity index (χ3v) is 4.00. The minimum atomic E-state index is 0.175. The number of ether oxygens (including phenoxy) is 1. The van der Waals surface area contributed by atoms with E-state index in [4.69, 9.17) is 10.5 Å². The van der Waals surface area contributed by atoms with Crippen molar-refractivity contribution in [2.24, 2.45) is 5.73 Å². The molecule has 4 heteroatoms. The van der Waals surface area contributed by atoms with Crippen molar-refractivity contribution in [3.63, 3.8) is 0 Å². The lowest BCUT2D eigenvalue weighted by Gasteiger charge is -2.39. The van der Waals surface area contributed by atoms with E-state index in [1.807, 2.05) is 0 Å². The number of nitrogens with zero attached hydrogens (tertiary/aromatic N) is 1. The molecule has 106 valence electrons. The molecule has 1 aliphatic heterocycles. The summed E-state index contributed by atoms with van der Waals surface area (Å²) in [6, 6.07) is 7.04. The Labute approximate surface area is 124 Å². The molecular formula is C15H23BrN2O. The van der Waals surface area contributed by atoms with Crippen LogP contribution in [-0.4, -0.2) is 31.3 Å². The molecule has 3 atom stereocenters. The van der Waals surface area contributed by atoms with Crippen molar-refractivity contribution in [1.29, 1.82) is 0 Å². The van der Waals surface area contributed by atoms with Crippen molar-refractivity contribution in [2.45, 2.75) is 45.4 Å². The second-order valence-electron chi connectivity index (χ2n) is 5.60. The summed E-state index contributed by atoms with van der Waals surface area (Å²) >= 11 is 3.58. The van der Waals surface area contributed by atoms with E-state index in [2.05, 4.69) is 59.8 Å². The molecule has 0 spiro atoms. The predicted molar refractivity (Wildman–Crippen MR) is 83.7 cm³/mol. The molecule has 1 fully saturated rings. The van der Waals surface area contributed by atoms with E-state index in [-0.39, 0.29) is 12.1 Å². The highest BCUT2D eigenvalue weighted by Crippen LogP contribution is 2.29. The fourth-order valence-electron chi connectivity index (χ4n) is 2.56. The number of halogens is 1. The number of hydrogen-bond acceptors (Lipinski definition) is 3. The first kappa shape index (κ1) is 14.8.